The zero-order valence-corrected chi connectivity index (χ0v) is 40.4. The molecule has 64 heavy (non-hydrogen) atoms. The van der Waals surface area contributed by atoms with Crippen molar-refractivity contribution in [3.8, 4) is 45.3 Å². The maximum atomic E-state index is 2.55. The zero-order valence-electron chi connectivity index (χ0n) is 39.5. The highest BCUT2D eigenvalue weighted by atomic mass is 32.1. The third-order valence-electron chi connectivity index (χ3n) is 14.0. The minimum Gasteiger partial charge on any atom is -0.195 e. The fourth-order valence-electron chi connectivity index (χ4n) is 10.8. The highest BCUT2D eigenvalue weighted by Gasteiger charge is 2.45. The standard InChI is InChI=1S/C59H64N4S/c1-11-40-30-41(12-2)32-43(31-40)44-33-48(36(3)4)55(49(34-44)37(5)6)60-26-29-63-58(60)45-22-16-17-23-46(45)59(63)62-28-27-61(57(62)42-20-14-13-15-21-42)56-50(38(7)8)35-52-54(53(56)39(9)10)47-24-18-19-25-51(47)64-52/h13-18,20-24,26-39,59H,11-12,19,25H2,1-10H3/q+2/t59-/m0/s1. The molecule has 3 aromatic heterocycles. The van der Waals surface area contributed by atoms with Crippen molar-refractivity contribution >= 4 is 27.5 Å². The smallest absolute Gasteiger partial charge is 0.195 e. The summed E-state index contributed by atoms with van der Waals surface area (Å²) in [4.78, 5) is 1.53. The molecule has 0 saturated heterocycles. The lowest BCUT2D eigenvalue weighted by Gasteiger charge is -2.21. The molecule has 8 aromatic rings. The first-order valence-corrected chi connectivity index (χ1v) is 24.8. The molecule has 0 fully saturated rings. The number of benzene rings is 5. The average molecular weight is 861 g/mol. The van der Waals surface area contributed by atoms with E-state index in [2.05, 4.69) is 215 Å². The van der Waals surface area contributed by atoms with Crippen LogP contribution in [0.5, 0.6) is 0 Å². The van der Waals surface area contributed by atoms with E-state index < -0.39 is 0 Å². The molecule has 0 spiro atoms. The van der Waals surface area contributed by atoms with E-state index >= 15 is 0 Å². The molecule has 4 nitrogen and oxygen atoms in total. The fourth-order valence-corrected chi connectivity index (χ4v) is 12.1. The van der Waals surface area contributed by atoms with Gasteiger partial charge in [0.15, 0.2) is 0 Å². The van der Waals surface area contributed by atoms with Gasteiger partial charge in [-0.3, -0.25) is 0 Å². The SMILES string of the molecule is CCc1cc(CC)cc(-c2cc(C(C)C)c(-n3cc[n+]4c3-c3ccccc3[C@H]4[n+]3ccn(-c4c(C(C)C)cc5sc6c(c5c4C(C)C)C=CCC6)c3-c3ccccc3)c(C(C)C)c2)c1. The van der Waals surface area contributed by atoms with E-state index in [9.17, 15) is 0 Å². The molecule has 2 aliphatic rings. The van der Waals surface area contributed by atoms with Gasteiger partial charge in [0.1, 0.15) is 36.2 Å². The van der Waals surface area contributed by atoms with Crippen LogP contribution in [0.4, 0.5) is 0 Å². The van der Waals surface area contributed by atoms with Crippen molar-refractivity contribution in [2.75, 3.05) is 0 Å². The van der Waals surface area contributed by atoms with E-state index in [4.69, 9.17) is 0 Å². The maximum absolute atomic E-state index is 2.55. The second-order valence-electron chi connectivity index (χ2n) is 19.5. The third-order valence-corrected chi connectivity index (χ3v) is 15.2. The molecule has 1 aliphatic heterocycles. The molecule has 0 radical (unpaired) electrons. The van der Waals surface area contributed by atoms with Gasteiger partial charge < -0.3 is 0 Å². The molecule has 5 aromatic carbocycles. The summed E-state index contributed by atoms with van der Waals surface area (Å²) in [5.74, 6) is 3.72. The van der Waals surface area contributed by atoms with E-state index in [1.807, 2.05) is 11.3 Å². The van der Waals surface area contributed by atoms with Gasteiger partial charge in [-0.25, -0.2) is 0 Å². The number of thiophene rings is 1. The number of hydrogen-bond donors (Lipinski definition) is 0. The topological polar surface area (TPSA) is 17.6 Å². The Hall–Kier alpha value is -5.78. The Labute approximate surface area is 385 Å². The number of imidazole rings is 2. The molecule has 0 unspecified atom stereocenters. The Bertz CT molecular complexity index is 3040. The Morgan fingerprint density at radius 2 is 1.19 bits per heavy atom. The molecule has 0 N–H and O–H groups in total. The van der Waals surface area contributed by atoms with E-state index in [1.165, 1.54) is 105 Å². The van der Waals surface area contributed by atoms with Crippen molar-refractivity contribution in [3.63, 3.8) is 0 Å². The van der Waals surface area contributed by atoms with Crippen LogP contribution in [0.3, 0.4) is 0 Å². The van der Waals surface area contributed by atoms with Gasteiger partial charge in [0.2, 0.25) is 0 Å². The van der Waals surface area contributed by atoms with Crippen LogP contribution in [-0.2, 0) is 19.3 Å². The van der Waals surface area contributed by atoms with Gasteiger partial charge in [-0.15, -0.1) is 11.3 Å². The Balaban J connectivity index is 1.22. The summed E-state index contributed by atoms with van der Waals surface area (Å²) >= 11 is 2.01. The first-order chi connectivity index (χ1) is 31.0. The van der Waals surface area contributed by atoms with E-state index in [1.54, 1.807) is 0 Å². The quantitative estimate of drug-likeness (QED) is 0.115. The summed E-state index contributed by atoms with van der Waals surface area (Å²) in [5, 5.41) is 1.45. The third kappa shape index (κ3) is 6.85. The first kappa shape index (κ1) is 42.2. The van der Waals surface area contributed by atoms with Crippen molar-refractivity contribution in [3.05, 3.63) is 171 Å². The zero-order chi connectivity index (χ0) is 44.6. The van der Waals surface area contributed by atoms with Gasteiger partial charge in [0, 0.05) is 37.2 Å². The van der Waals surface area contributed by atoms with Crippen LogP contribution in [0.1, 0.15) is 155 Å². The monoisotopic (exact) mass is 860 g/mol. The van der Waals surface area contributed by atoms with Crippen LogP contribution in [0.15, 0.2) is 122 Å². The summed E-state index contributed by atoms with van der Waals surface area (Å²) in [6.07, 6.45) is 18.4. The molecule has 0 bridgehead atoms. The largest absolute Gasteiger partial charge is 0.298 e. The molecule has 0 amide bonds. The summed E-state index contributed by atoms with van der Waals surface area (Å²) in [6, 6.07) is 35.0. The van der Waals surface area contributed by atoms with Gasteiger partial charge >= 0.3 is 0 Å². The van der Waals surface area contributed by atoms with Crippen molar-refractivity contribution in [1.82, 2.24) is 9.13 Å². The van der Waals surface area contributed by atoms with E-state index in [-0.39, 0.29) is 6.17 Å². The predicted octanol–water partition coefficient (Wildman–Crippen LogP) is 15.0. The van der Waals surface area contributed by atoms with Crippen molar-refractivity contribution in [2.24, 2.45) is 0 Å². The summed E-state index contributed by atoms with van der Waals surface area (Å²) in [5.41, 5.74) is 19.0. The van der Waals surface area contributed by atoms with Crippen LogP contribution in [0.2, 0.25) is 0 Å². The van der Waals surface area contributed by atoms with E-state index in [0.717, 1.165) is 25.7 Å². The number of nitrogens with zero attached hydrogens (tertiary/aromatic N) is 4. The predicted molar refractivity (Wildman–Crippen MR) is 270 cm³/mol. The molecule has 1 atom stereocenters. The number of aromatic nitrogens is 4. The lowest BCUT2D eigenvalue weighted by molar-refractivity contribution is -0.920. The lowest BCUT2D eigenvalue weighted by atomic mass is 9.87. The number of allylic oxidation sites excluding steroid dienone is 1. The second kappa shape index (κ2) is 16.7. The van der Waals surface area contributed by atoms with Gasteiger partial charge in [-0.1, -0.05) is 130 Å². The van der Waals surface area contributed by atoms with Crippen LogP contribution < -0.4 is 9.13 Å². The van der Waals surface area contributed by atoms with Crippen LogP contribution in [0.25, 0.3) is 61.4 Å². The molecule has 4 heterocycles. The summed E-state index contributed by atoms with van der Waals surface area (Å²) < 4.78 is 11.6. The normalized spacial score (nSPS) is 14.4. The Morgan fingerprint density at radius 1 is 0.609 bits per heavy atom. The van der Waals surface area contributed by atoms with Crippen LogP contribution in [0, 0.1) is 0 Å². The Morgan fingerprint density at radius 3 is 1.81 bits per heavy atom. The summed E-state index contributed by atoms with van der Waals surface area (Å²) in [7, 11) is 0. The fraction of sp³-hybridized carbons (Fsp3) is 0.322. The molecule has 1 aliphatic carbocycles. The van der Waals surface area contributed by atoms with Gasteiger partial charge in [-0.05, 0) is 120 Å². The highest BCUT2D eigenvalue weighted by molar-refractivity contribution is 7.19. The molecular formula is C59H64N4S+2. The van der Waals surface area contributed by atoms with Crippen molar-refractivity contribution in [2.45, 2.75) is 125 Å². The number of fused-ring (bicyclic) bond motifs is 6. The van der Waals surface area contributed by atoms with Crippen molar-refractivity contribution in [1.29, 1.82) is 0 Å². The molecule has 0 saturated carbocycles. The molecule has 324 valence electrons. The minimum atomic E-state index is -0.0944. The van der Waals surface area contributed by atoms with Gasteiger partial charge in [0.05, 0.1) is 16.7 Å². The van der Waals surface area contributed by atoms with Gasteiger partial charge in [0.25, 0.3) is 17.8 Å². The van der Waals surface area contributed by atoms with E-state index in [0.29, 0.717) is 23.7 Å². The molecule has 5 heteroatoms. The summed E-state index contributed by atoms with van der Waals surface area (Å²) in [6.45, 7) is 23.5. The van der Waals surface area contributed by atoms with Crippen LogP contribution >= 0.6 is 11.3 Å². The average Bonchev–Trinajstić information content (AvgIpc) is 4.09. The number of hydrogen-bond acceptors (Lipinski definition) is 1. The molecular weight excluding hydrogens is 797 g/mol. The Kier molecular flexibility index (Phi) is 11.0. The van der Waals surface area contributed by atoms with Gasteiger partial charge in [-0.2, -0.15) is 18.3 Å². The van der Waals surface area contributed by atoms with Crippen LogP contribution in [-0.4, -0.2) is 9.13 Å². The second-order valence-corrected chi connectivity index (χ2v) is 20.6. The number of aryl methyl sites for hydroxylation is 3. The highest BCUT2D eigenvalue weighted by Crippen LogP contribution is 2.47. The first-order valence-electron chi connectivity index (χ1n) is 24.0. The van der Waals surface area contributed by atoms with Crippen molar-refractivity contribution < 1.29 is 9.13 Å². The number of rotatable bonds is 11. The lowest BCUT2D eigenvalue weighted by Crippen LogP contribution is -2.56. The molecule has 10 rings (SSSR count). The maximum Gasteiger partial charge on any atom is 0.298 e. The minimum absolute atomic E-state index is 0.0944.